The standard InChI is InChI=1S/C8H10N4OS/c1-5-7(6(2)13-11-5)3-9-8-4-10-12-14-8/h4,9H,3H2,1-2H3. The summed E-state index contributed by atoms with van der Waals surface area (Å²) in [5, 5.41) is 11.8. The summed E-state index contributed by atoms with van der Waals surface area (Å²) < 4.78 is 8.80. The van der Waals surface area contributed by atoms with Gasteiger partial charge in [0, 0.05) is 23.6 Å². The normalized spacial score (nSPS) is 10.4. The van der Waals surface area contributed by atoms with Gasteiger partial charge >= 0.3 is 0 Å². The average Bonchev–Trinajstić information content (AvgIpc) is 2.76. The summed E-state index contributed by atoms with van der Waals surface area (Å²) in [6.45, 7) is 4.53. The number of nitrogens with zero attached hydrogens (tertiary/aromatic N) is 3. The fourth-order valence-electron chi connectivity index (χ4n) is 1.17. The van der Waals surface area contributed by atoms with Crippen LogP contribution in [0.25, 0.3) is 0 Å². The van der Waals surface area contributed by atoms with Crippen LogP contribution in [0.5, 0.6) is 0 Å². The van der Waals surface area contributed by atoms with Gasteiger partial charge in [0.2, 0.25) is 0 Å². The molecule has 1 N–H and O–H groups in total. The van der Waals surface area contributed by atoms with Crippen LogP contribution in [0.1, 0.15) is 17.0 Å². The zero-order valence-electron chi connectivity index (χ0n) is 7.94. The number of anilines is 1. The molecule has 0 aromatic carbocycles. The van der Waals surface area contributed by atoms with Crippen molar-refractivity contribution in [2.45, 2.75) is 20.4 Å². The highest BCUT2D eigenvalue weighted by Crippen LogP contribution is 2.16. The van der Waals surface area contributed by atoms with E-state index in [0.29, 0.717) is 6.54 Å². The molecule has 14 heavy (non-hydrogen) atoms. The van der Waals surface area contributed by atoms with E-state index in [2.05, 4.69) is 20.1 Å². The third-order valence-electron chi connectivity index (χ3n) is 1.98. The van der Waals surface area contributed by atoms with Gasteiger partial charge in [-0.1, -0.05) is 9.64 Å². The molecule has 0 aliphatic heterocycles. The lowest BCUT2D eigenvalue weighted by Gasteiger charge is -2.00. The summed E-state index contributed by atoms with van der Waals surface area (Å²) >= 11 is 1.33. The van der Waals surface area contributed by atoms with E-state index >= 15 is 0 Å². The zero-order chi connectivity index (χ0) is 9.97. The lowest BCUT2D eigenvalue weighted by molar-refractivity contribution is 0.392. The van der Waals surface area contributed by atoms with Crippen molar-refractivity contribution in [2.75, 3.05) is 5.32 Å². The second kappa shape index (κ2) is 3.75. The molecule has 2 aromatic rings. The van der Waals surface area contributed by atoms with Crippen molar-refractivity contribution in [3.8, 4) is 0 Å². The summed E-state index contributed by atoms with van der Waals surface area (Å²) in [5.74, 6) is 0.854. The van der Waals surface area contributed by atoms with E-state index < -0.39 is 0 Å². The van der Waals surface area contributed by atoms with Crippen LogP contribution in [0.3, 0.4) is 0 Å². The number of hydrogen-bond donors (Lipinski definition) is 1. The van der Waals surface area contributed by atoms with Crippen LogP contribution in [0, 0.1) is 13.8 Å². The predicted octanol–water partition coefficient (Wildman–Crippen LogP) is 1.76. The van der Waals surface area contributed by atoms with Crippen LogP contribution < -0.4 is 5.32 Å². The van der Waals surface area contributed by atoms with Crippen LogP contribution in [-0.2, 0) is 6.54 Å². The third-order valence-corrected chi connectivity index (χ3v) is 2.60. The van der Waals surface area contributed by atoms with Crippen molar-refractivity contribution in [3.05, 3.63) is 23.2 Å². The minimum absolute atomic E-state index is 0.699. The Balaban J connectivity index is 2.05. The molecule has 0 amide bonds. The molecule has 0 saturated heterocycles. The second-order valence-corrected chi connectivity index (χ2v) is 3.72. The summed E-state index contributed by atoms with van der Waals surface area (Å²) in [5.41, 5.74) is 2.02. The van der Waals surface area contributed by atoms with Gasteiger partial charge in [-0.2, -0.15) is 0 Å². The Labute approximate surface area is 85.3 Å². The van der Waals surface area contributed by atoms with E-state index in [4.69, 9.17) is 4.52 Å². The Morgan fingerprint density at radius 2 is 2.36 bits per heavy atom. The maximum atomic E-state index is 5.05. The molecule has 0 spiro atoms. The highest BCUT2D eigenvalue weighted by Gasteiger charge is 2.08. The lowest BCUT2D eigenvalue weighted by atomic mass is 10.2. The molecule has 5 nitrogen and oxygen atoms in total. The van der Waals surface area contributed by atoms with Crippen molar-refractivity contribution >= 4 is 16.5 Å². The molecule has 0 bridgehead atoms. The Morgan fingerprint density at radius 1 is 1.50 bits per heavy atom. The van der Waals surface area contributed by atoms with Crippen molar-refractivity contribution in [3.63, 3.8) is 0 Å². The van der Waals surface area contributed by atoms with Gasteiger partial charge in [-0.15, -0.1) is 5.10 Å². The van der Waals surface area contributed by atoms with Crippen LogP contribution >= 0.6 is 11.5 Å². The van der Waals surface area contributed by atoms with E-state index in [1.807, 2.05) is 13.8 Å². The van der Waals surface area contributed by atoms with Gasteiger partial charge < -0.3 is 9.84 Å². The van der Waals surface area contributed by atoms with Crippen molar-refractivity contribution in [1.82, 2.24) is 14.7 Å². The molecular formula is C8H10N4OS. The highest BCUT2D eigenvalue weighted by molar-refractivity contribution is 7.09. The van der Waals surface area contributed by atoms with E-state index in [0.717, 1.165) is 22.0 Å². The summed E-state index contributed by atoms with van der Waals surface area (Å²) in [6, 6.07) is 0. The number of aromatic nitrogens is 3. The molecule has 74 valence electrons. The average molecular weight is 210 g/mol. The van der Waals surface area contributed by atoms with Gasteiger partial charge in [-0.3, -0.25) is 0 Å². The van der Waals surface area contributed by atoms with E-state index in [1.165, 1.54) is 11.5 Å². The van der Waals surface area contributed by atoms with Gasteiger partial charge in [0.05, 0.1) is 11.9 Å². The molecule has 2 rings (SSSR count). The number of rotatable bonds is 3. The number of hydrogen-bond acceptors (Lipinski definition) is 6. The Hall–Kier alpha value is -1.43. The predicted molar refractivity (Wildman–Crippen MR) is 53.2 cm³/mol. The molecule has 2 aromatic heterocycles. The molecular weight excluding hydrogens is 200 g/mol. The summed E-state index contributed by atoms with van der Waals surface area (Å²) in [7, 11) is 0. The summed E-state index contributed by atoms with van der Waals surface area (Å²) in [4.78, 5) is 0. The van der Waals surface area contributed by atoms with Gasteiger partial charge in [0.25, 0.3) is 0 Å². The lowest BCUT2D eigenvalue weighted by Crippen LogP contribution is -1.99. The minimum Gasteiger partial charge on any atom is -0.370 e. The topological polar surface area (TPSA) is 63.8 Å². The van der Waals surface area contributed by atoms with Crippen LogP contribution in [0.4, 0.5) is 5.00 Å². The van der Waals surface area contributed by atoms with Crippen molar-refractivity contribution in [1.29, 1.82) is 0 Å². The molecule has 6 heteroatoms. The second-order valence-electron chi connectivity index (χ2n) is 2.94. The quantitative estimate of drug-likeness (QED) is 0.836. The van der Waals surface area contributed by atoms with Gasteiger partial charge in [-0.05, 0) is 13.8 Å². The van der Waals surface area contributed by atoms with Crippen molar-refractivity contribution in [2.24, 2.45) is 0 Å². The van der Waals surface area contributed by atoms with Crippen LogP contribution in [0.2, 0.25) is 0 Å². The Morgan fingerprint density at radius 3 is 2.93 bits per heavy atom. The van der Waals surface area contributed by atoms with Crippen LogP contribution in [0.15, 0.2) is 10.7 Å². The first-order chi connectivity index (χ1) is 6.77. The van der Waals surface area contributed by atoms with Crippen LogP contribution in [-0.4, -0.2) is 14.7 Å². The minimum atomic E-state index is 0.699. The molecule has 0 aliphatic carbocycles. The fourth-order valence-corrected chi connectivity index (χ4v) is 1.59. The van der Waals surface area contributed by atoms with Gasteiger partial charge in [-0.25, -0.2) is 0 Å². The number of nitrogens with one attached hydrogen (secondary N) is 1. The van der Waals surface area contributed by atoms with Crippen molar-refractivity contribution < 1.29 is 4.52 Å². The first-order valence-corrected chi connectivity index (χ1v) is 4.97. The van der Waals surface area contributed by atoms with Gasteiger partial charge in [0.1, 0.15) is 10.8 Å². The zero-order valence-corrected chi connectivity index (χ0v) is 8.76. The Bertz CT molecular complexity index is 389. The largest absolute Gasteiger partial charge is 0.370 e. The van der Waals surface area contributed by atoms with E-state index in [9.17, 15) is 0 Å². The van der Waals surface area contributed by atoms with E-state index in [1.54, 1.807) is 6.20 Å². The maximum absolute atomic E-state index is 5.05. The maximum Gasteiger partial charge on any atom is 0.138 e. The smallest absolute Gasteiger partial charge is 0.138 e. The molecule has 0 fully saturated rings. The Kier molecular flexibility index (Phi) is 2.45. The third kappa shape index (κ3) is 1.74. The number of aryl methyl sites for hydroxylation is 2. The molecule has 0 saturated carbocycles. The molecule has 0 aliphatic rings. The molecule has 0 atom stereocenters. The highest BCUT2D eigenvalue weighted by atomic mass is 32.1. The van der Waals surface area contributed by atoms with E-state index in [-0.39, 0.29) is 0 Å². The molecule has 0 radical (unpaired) electrons. The SMILES string of the molecule is Cc1noc(C)c1CNc1cnns1. The molecule has 2 heterocycles. The monoisotopic (exact) mass is 210 g/mol. The fraction of sp³-hybridized carbons (Fsp3) is 0.375. The first-order valence-electron chi connectivity index (χ1n) is 4.20. The van der Waals surface area contributed by atoms with Gasteiger partial charge in [0.15, 0.2) is 0 Å². The summed E-state index contributed by atoms with van der Waals surface area (Å²) in [6.07, 6.45) is 1.70. The molecule has 0 unspecified atom stereocenters. The first kappa shape index (κ1) is 9.14.